The van der Waals surface area contributed by atoms with E-state index in [1.54, 1.807) is 12.5 Å². The lowest BCUT2D eigenvalue weighted by Gasteiger charge is -2.58. The van der Waals surface area contributed by atoms with Crippen LogP contribution in [0, 0.1) is 28.6 Å². The summed E-state index contributed by atoms with van der Waals surface area (Å²) in [5.41, 5.74) is 4.70. The molecular formula is C33H48N2O2+2. The summed E-state index contributed by atoms with van der Waals surface area (Å²) < 4.78 is 9.58. The average Bonchev–Trinajstić information content (AvgIpc) is 3.41. The van der Waals surface area contributed by atoms with Gasteiger partial charge in [0.1, 0.15) is 13.2 Å². The van der Waals surface area contributed by atoms with Crippen LogP contribution in [0.3, 0.4) is 0 Å². The standard InChI is InChI=1S/C33H48N2O2/c1-23(36)37-31-25(19-24-9-8-16-34(4)22-24)20-30-28-11-10-26-21-27(35(5)17-6-7-18-35)12-14-32(26,2)29(28)13-15-33(30,31)3/h8-10,16,19,22,27-31H,6-7,11-15,17-18,20-21H2,1-5H3/q+2/b25-19+/t27-,28+,29-,30-,31-,32-,33-/m0/s1. The van der Waals surface area contributed by atoms with E-state index in [0.717, 1.165) is 24.8 Å². The Morgan fingerprint density at radius 2 is 1.92 bits per heavy atom. The van der Waals surface area contributed by atoms with Gasteiger partial charge in [-0.3, -0.25) is 4.79 Å². The molecular weight excluding hydrogens is 456 g/mol. The van der Waals surface area contributed by atoms with Gasteiger partial charge < -0.3 is 9.22 Å². The van der Waals surface area contributed by atoms with Crippen LogP contribution in [-0.4, -0.2) is 42.7 Å². The fourth-order valence-electron chi connectivity index (χ4n) is 9.86. The molecule has 4 aliphatic carbocycles. The molecule has 0 amide bonds. The SMILES string of the molecule is CC(=O)O[C@H]1/C(=C/c2ccc[n+](C)c2)C[C@H]2[C@@H]3CC=C4C[C@@H]([N+]5(C)CCCC5)CC[C@]4(C)[C@H]3CC[C@]12C. The lowest BCUT2D eigenvalue weighted by atomic mass is 9.47. The number of pyridine rings is 1. The van der Waals surface area contributed by atoms with Crippen LogP contribution in [0.1, 0.15) is 84.1 Å². The van der Waals surface area contributed by atoms with E-state index in [-0.39, 0.29) is 17.5 Å². The lowest BCUT2D eigenvalue weighted by Crippen LogP contribution is -2.56. The number of esters is 1. The lowest BCUT2D eigenvalue weighted by molar-refractivity contribution is -0.923. The number of likely N-dealkylation sites (tertiary alicyclic amines) is 1. The van der Waals surface area contributed by atoms with Crippen LogP contribution in [0.2, 0.25) is 0 Å². The summed E-state index contributed by atoms with van der Waals surface area (Å²) in [5.74, 6) is 1.89. The summed E-state index contributed by atoms with van der Waals surface area (Å²) in [7, 11) is 4.60. The number of allylic oxidation sites excluding steroid dienone is 1. The van der Waals surface area contributed by atoms with Crippen molar-refractivity contribution < 1.29 is 18.6 Å². The Morgan fingerprint density at radius 3 is 2.65 bits per heavy atom. The Hall–Kier alpha value is -1.94. The van der Waals surface area contributed by atoms with Crippen molar-refractivity contribution in [2.75, 3.05) is 20.1 Å². The van der Waals surface area contributed by atoms with E-state index in [0.29, 0.717) is 17.3 Å². The predicted octanol–water partition coefficient (Wildman–Crippen LogP) is 6.01. The fourth-order valence-corrected chi connectivity index (χ4v) is 9.86. The predicted molar refractivity (Wildman–Crippen MR) is 147 cm³/mol. The number of nitrogens with zero attached hydrogens (tertiary/aromatic N) is 2. The smallest absolute Gasteiger partial charge is 0.303 e. The van der Waals surface area contributed by atoms with Gasteiger partial charge in [-0.15, -0.1) is 0 Å². The van der Waals surface area contributed by atoms with Crippen LogP contribution in [0.5, 0.6) is 0 Å². The van der Waals surface area contributed by atoms with Gasteiger partial charge >= 0.3 is 5.97 Å². The summed E-state index contributed by atoms with van der Waals surface area (Å²) in [6, 6.07) is 5.10. The van der Waals surface area contributed by atoms with E-state index in [4.69, 9.17) is 4.74 Å². The molecule has 4 heteroatoms. The molecule has 5 aliphatic rings. The molecule has 0 spiro atoms. The maximum absolute atomic E-state index is 12.3. The van der Waals surface area contributed by atoms with Crippen LogP contribution in [0.25, 0.3) is 6.08 Å². The molecule has 200 valence electrons. The molecule has 4 nitrogen and oxygen atoms in total. The van der Waals surface area contributed by atoms with Gasteiger partial charge in [-0.05, 0) is 73.0 Å². The molecule has 2 heterocycles. The number of hydrogen-bond acceptors (Lipinski definition) is 2. The van der Waals surface area contributed by atoms with Gasteiger partial charge in [-0.25, -0.2) is 4.57 Å². The minimum absolute atomic E-state index is 0.0305. The summed E-state index contributed by atoms with van der Waals surface area (Å²) in [6.07, 6.45) is 20.8. The number of aromatic nitrogens is 1. The maximum atomic E-state index is 12.3. The number of aryl methyl sites for hydroxylation is 1. The van der Waals surface area contributed by atoms with Crippen LogP contribution in [0.4, 0.5) is 0 Å². The van der Waals surface area contributed by atoms with Crippen molar-refractivity contribution in [1.29, 1.82) is 0 Å². The van der Waals surface area contributed by atoms with Crippen molar-refractivity contribution in [3.05, 3.63) is 47.3 Å². The zero-order valence-corrected chi connectivity index (χ0v) is 23.8. The van der Waals surface area contributed by atoms with Crippen molar-refractivity contribution in [2.45, 2.75) is 90.7 Å². The third kappa shape index (κ3) is 4.13. The Bertz CT molecular complexity index is 1130. The average molecular weight is 505 g/mol. The molecule has 4 fully saturated rings. The zero-order valence-electron chi connectivity index (χ0n) is 23.8. The maximum Gasteiger partial charge on any atom is 0.303 e. The normalized spacial score (nSPS) is 41.5. The Morgan fingerprint density at radius 1 is 1.14 bits per heavy atom. The first-order valence-corrected chi connectivity index (χ1v) is 15.0. The number of carbonyl (C=O) groups excluding carboxylic acids is 1. The van der Waals surface area contributed by atoms with Gasteiger partial charge in [-0.2, -0.15) is 0 Å². The minimum atomic E-state index is -0.145. The second-order valence-corrected chi connectivity index (χ2v) is 14.0. The molecule has 1 aliphatic heterocycles. The van der Waals surface area contributed by atoms with E-state index >= 15 is 0 Å². The summed E-state index contributed by atoms with van der Waals surface area (Å²) in [4.78, 5) is 12.3. The summed E-state index contributed by atoms with van der Waals surface area (Å²) >= 11 is 0. The topological polar surface area (TPSA) is 30.2 Å². The largest absolute Gasteiger partial charge is 0.457 e. The fraction of sp³-hybridized carbons (Fsp3) is 0.697. The molecule has 1 aromatic heterocycles. The molecule has 6 rings (SSSR count). The molecule has 0 aromatic carbocycles. The molecule has 1 saturated heterocycles. The highest BCUT2D eigenvalue weighted by Gasteiger charge is 2.61. The Kier molecular flexibility index (Phi) is 6.21. The number of carbonyl (C=O) groups is 1. The molecule has 0 radical (unpaired) electrons. The Balaban J connectivity index is 1.30. The van der Waals surface area contributed by atoms with E-state index in [9.17, 15) is 4.79 Å². The minimum Gasteiger partial charge on any atom is -0.457 e. The highest BCUT2D eigenvalue weighted by molar-refractivity contribution is 5.67. The third-order valence-electron chi connectivity index (χ3n) is 12.0. The molecule has 1 aromatic rings. The summed E-state index contributed by atoms with van der Waals surface area (Å²) in [5, 5.41) is 0. The quantitative estimate of drug-likeness (QED) is 0.218. The third-order valence-corrected chi connectivity index (χ3v) is 12.0. The van der Waals surface area contributed by atoms with Crippen LogP contribution < -0.4 is 4.57 Å². The number of ether oxygens (including phenoxy) is 1. The van der Waals surface area contributed by atoms with Gasteiger partial charge in [0.25, 0.3) is 0 Å². The second-order valence-electron chi connectivity index (χ2n) is 14.0. The highest BCUT2D eigenvalue weighted by atomic mass is 16.5. The highest BCUT2D eigenvalue weighted by Crippen LogP contribution is 2.66. The second kappa shape index (κ2) is 9.07. The van der Waals surface area contributed by atoms with Gasteiger partial charge in [-0.1, -0.05) is 25.5 Å². The van der Waals surface area contributed by atoms with E-state index in [1.807, 2.05) is 0 Å². The van der Waals surface area contributed by atoms with E-state index in [1.165, 1.54) is 73.7 Å². The van der Waals surface area contributed by atoms with Crippen molar-refractivity contribution in [3.63, 3.8) is 0 Å². The Labute approximate surface area is 224 Å². The molecule has 37 heavy (non-hydrogen) atoms. The van der Waals surface area contributed by atoms with Gasteiger partial charge in [0.05, 0.1) is 26.2 Å². The van der Waals surface area contributed by atoms with E-state index in [2.05, 4.69) is 69.2 Å². The first-order valence-electron chi connectivity index (χ1n) is 15.0. The van der Waals surface area contributed by atoms with Crippen LogP contribution >= 0.6 is 0 Å². The van der Waals surface area contributed by atoms with Gasteiger partial charge in [0.2, 0.25) is 0 Å². The number of fused-ring (bicyclic) bond motifs is 5. The van der Waals surface area contributed by atoms with Gasteiger partial charge in [0, 0.05) is 49.7 Å². The van der Waals surface area contributed by atoms with Crippen molar-refractivity contribution >= 4 is 12.0 Å². The van der Waals surface area contributed by atoms with Crippen molar-refractivity contribution in [3.8, 4) is 0 Å². The van der Waals surface area contributed by atoms with Crippen LogP contribution in [0.15, 0.2) is 41.7 Å². The number of rotatable bonds is 3. The molecule has 0 N–H and O–H groups in total. The first kappa shape index (κ1) is 25.3. The van der Waals surface area contributed by atoms with E-state index < -0.39 is 0 Å². The number of hydrogen-bond donors (Lipinski definition) is 0. The monoisotopic (exact) mass is 504 g/mol. The molecule has 0 bridgehead atoms. The first-order chi connectivity index (χ1) is 17.6. The molecule has 7 atom stereocenters. The van der Waals surface area contributed by atoms with Gasteiger partial charge in [0.15, 0.2) is 12.4 Å². The van der Waals surface area contributed by atoms with Crippen LogP contribution in [-0.2, 0) is 16.6 Å². The number of quaternary nitrogens is 1. The van der Waals surface area contributed by atoms with Crippen molar-refractivity contribution in [2.24, 2.45) is 35.6 Å². The molecule has 0 unspecified atom stereocenters. The molecule has 3 saturated carbocycles. The zero-order chi connectivity index (χ0) is 26.0. The summed E-state index contributed by atoms with van der Waals surface area (Å²) in [6.45, 7) is 9.41. The van der Waals surface area contributed by atoms with Crippen molar-refractivity contribution in [1.82, 2.24) is 0 Å².